The van der Waals surface area contributed by atoms with E-state index in [9.17, 15) is 14.9 Å². The van der Waals surface area contributed by atoms with Crippen LogP contribution < -0.4 is 4.74 Å². The Morgan fingerprint density at radius 3 is 2.65 bits per heavy atom. The van der Waals surface area contributed by atoms with Crippen molar-refractivity contribution in [2.45, 2.75) is 39.7 Å². The number of hydrogen-bond donors (Lipinski definition) is 0. The Morgan fingerprint density at radius 2 is 2.10 bits per heavy atom. The first-order valence-corrected chi connectivity index (χ1v) is 6.58. The van der Waals surface area contributed by atoms with Gasteiger partial charge in [-0.05, 0) is 32.4 Å². The van der Waals surface area contributed by atoms with Gasteiger partial charge in [0.2, 0.25) is 0 Å². The summed E-state index contributed by atoms with van der Waals surface area (Å²) in [6.07, 6.45) is 1.47. The Bertz CT molecular complexity index is 484. The van der Waals surface area contributed by atoms with Crippen molar-refractivity contribution in [2.75, 3.05) is 6.61 Å². The molecular weight excluding hydrogens is 262 g/mol. The number of hydrogen-bond acceptors (Lipinski definition) is 5. The van der Waals surface area contributed by atoms with Crippen molar-refractivity contribution in [3.8, 4) is 5.75 Å². The number of rotatable bonds is 7. The van der Waals surface area contributed by atoms with Crippen LogP contribution >= 0.6 is 0 Å². The van der Waals surface area contributed by atoms with E-state index in [1.807, 2.05) is 6.92 Å². The summed E-state index contributed by atoms with van der Waals surface area (Å²) in [4.78, 5) is 22.2. The van der Waals surface area contributed by atoms with Crippen molar-refractivity contribution in [1.29, 1.82) is 0 Å². The summed E-state index contributed by atoms with van der Waals surface area (Å²) in [6.45, 7) is 5.85. The third kappa shape index (κ3) is 4.53. The van der Waals surface area contributed by atoms with Crippen LogP contribution in [-0.2, 0) is 4.74 Å². The minimum atomic E-state index is -0.580. The number of carbonyl (C=O) groups excluding carboxylic acids is 1. The molecule has 6 nitrogen and oxygen atoms in total. The Labute approximate surface area is 117 Å². The van der Waals surface area contributed by atoms with Gasteiger partial charge in [-0.1, -0.05) is 13.3 Å². The predicted octanol–water partition coefficient (Wildman–Crippen LogP) is 3.34. The lowest BCUT2D eigenvalue weighted by molar-refractivity contribution is -0.385. The van der Waals surface area contributed by atoms with Gasteiger partial charge in [-0.15, -0.1) is 0 Å². The van der Waals surface area contributed by atoms with E-state index in [1.54, 1.807) is 13.8 Å². The second-order valence-electron chi connectivity index (χ2n) is 4.60. The second kappa shape index (κ2) is 7.47. The third-order valence-corrected chi connectivity index (χ3v) is 2.49. The first kappa shape index (κ1) is 15.9. The average molecular weight is 281 g/mol. The molecule has 0 bridgehead atoms. The number of nitro groups is 1. The molecule has 20 heavy (non-hydrogen) atoms. The van der Waals surface area contributed by atoms with Gasteiger partial charge in [0.05, 0.1) is 23.2 Å². The molecule has 0 aliphatic heterocycles. The van der Waals surface area contributed by atoms with E-state index in [-0.39, 0.29) is 23.1 Å². The molecule has 0 fully saturated rings. The van der Waals surface area contributed by atoms with E-state index in [0.717, 1.165) is 12.8 Å². The van der Waals surface area contributed by atoms with Gasteiger partial charge in [0.15, 0.2) is 5.75 Å². The Balaban J connectivity index is 2.94. The summed E-state index contributed by atoms with van der Waals surface area (Å²) in [5, 5.41) is 11.0. The minimum Gasteiger partial charge on any atom is -0.487 e. The highest BCUT2D eigenvalue weighted by Gasteiger charge is 2.19. The number of benzene rings is 1. The number of nitrogens with zero attached hydrogens (tertiary/aromatic N) is 1. The molecular formula is C14H19NO5. The molecule has 0 heterocycles. The van der Waals surface area contributed by atoms with Crippen LogP contribution in [0.2, 0.25) is 0 Å². The standard InChI is InChI=1S/C14H19NO5/c1-4-5-8-19-13-7-6-11(9-12(13)15(17)18)14(16)20-10(2)3/h6-7,9-10H,4-5,8H2,1-3H3. The fourth-order valence-corrected chi connectivity index (χ4v) is 1.52. The average Bonchev–Trinajstić information content (AvgIpc) is 2.38. The summed E-state index contributed by atoms with van der Waals surface area (Å²) in [6, 6.07) is 4.09. The van der Waals surface area contributed by atoms with Crippen LogP contribution in [0, 0.1) is 10.1 Å². The Kier molecular flexibility index (Phi) is 5.96. The fraction of sp³-hybridized carbons (Fsp3) is 0.500. The van der Waals surface area contributed by atoms with Crippen LogP contribution in [0.1, 0.15) is 44.0 Å². The van der Waals surface area contributed by atoms with E-state index in [2.05, 4.69) is 0 Å². The van der Waals surface area contributed by atoms with Gasteiger partial charge in [0.25, 0.3) is 0 Å². The maximum Gasteiger partial charge on any atom is 0.338 e. The summed E-state index contributed by atoms with van der Waals surface area (Å²) in [5.41, 5.74) is -0.0763. The summed E-state index contributed by atoms with van der Waals surface area (Å²) >= 11 is 0. The monoisotopic (exact) mass is 281 g/mol. The molecule has 1 aromatic carbocycles. The predicted molar refractivity (Wildman–Crippen MR) is 74.1 cm³/mol. The van der Waals surface area contributed by atoms with Gasteiger partial charge in [-0.2, -0.15) is 0 Å². The van der Waals surface area contributed by atoms with Gasteiger partial charge in [-0.25, -0.2) is 4.79 Å². The van der Waals surface area contributed by atoms with E-state index < -0.39 is 10.9 Å². The number of carbonyl (C=O) groups is 1. The van der Waals surface area contributed by atoms with Crippen molar-refractivity contribution in [3.63, 3.8) is 0 Å². The largest absolute Gasteiger partial charge is 0.487 e. The number of nitro benzene ring substituents is 1. The van der Waals surface area contributed by atoms with Gasteiger partial charge in [-0.3, -0.25) is 10.1 Å². The zero-order chi connectivity index (χ0) is 15.1. The molecule has 0 aliphatic rings. The van der Waals surface area contributed by atoms with Crippen LogP contribution in [0.15, 0.2) is 18.2 Å². The van der Waals surface area contributed by atoms with Crippen LogP contribution in [0.3, 0.4) is 0 Å². The summed E-state index contributed by atoms with van der Waals surface area (Å²) in [7, 11) is 0. The van der Waals surface area contributed by atoms with Crippen molar-refractivity contribution in [3.05, 3.63) is 33.9 Å². The quantitative estimate of drug-likeness (QED) is 0.331. The molecule has 0 spiro atoms. The first-order chi connectivity index (χ1) is 9.45. The van der Waals surface area contributed by atoms with E-state index in [1.165, 1.54) is 18.2 Å². The summed E-state index contributed by atoms with van der Waals surface area (Å²) in [5.74, 6) is -0.409. The molecule has 0 radical (unpaired) electrons. The minimum absolute atomic E-state index is 0.147. The highest BCUT2D eigenvalue weighted by Crippen LogP contribution is 2.28. The lowest BCUT2D eigenvalue weighted by Gasteiger charge is -2.09. The molecule has 0 saturated carbocycles. The maximum absolute atomic E-state index is 11.7. The molecule has 0 amide bonds. The molecule has 0 aliphatic carbocycles. The van der Waals surface area contributed by atoms with Crippen LogP contribution in [-0.4, -0.2) is 23.6 Å². The first-order valence-electron chi connectivity index (χ1n) is 6.58. The maximum atomic E-state index is 11.7. The zero-order valence-electron chi connectivity index (χ0n) is 11.9. The van der Waals surface area contributed by atoms with Crippen molar-refractivity contribution in [2.24, 2.45) is 0 Å². The van der Waals surface area contributed by atoms with Crippen molar-refractivity contribution in [1.82, 2.24) is 0 Å². The zero-order valence-corrected chi connectivity index (χ0v) is 11.9. The molecule has 0 N–H and O–H groups in total. The highest BCUT2D eigenvalue weighted by atomic mass is 16.6. The normalized spacial score (nSPS) is 10.4. The molecule has 0 saturated heterocycles. The van der Waals surface area contributed by atoms with Crippen LogP contribution in [0.5, 0.6) is 5.75 Å². The molecule has 1 rings (SSSR count). The van der Waals surface area contributed by atoms with Crippen LogP contribution in [0.25, 0.3) is 0 Å². The van der Waals surface area contributed by atoms with Crippen molar-refractivity contribution >= 4 is 11.7 Å². The molecule has 6 heteroatoms. The number of ether oxygens (including phenoxy) is 2. The second-order valence-corrected chi connectivity index (χ2v) is 4.60. The Hall–Kier alpha value is -2.11. The van der Waals surface area contributed by atoms with E-state index in [0.29, 0.717) is 6.61 Å². The lowest BCUT2D eigenvalue weighted by atomic mass is 10.2. The number of esters is 1. The fourth-order valence-electron chi connectivity index (χ4n) is 1.52. The molecule has 0 unspecified atom stereocenters. The molecule has 0 atom stereocenters. The van der Waals surface area contributed by atoms with E-state index >= 15 is 0 Å². The van der Waals surface area contributed by atoms with E-state index in [4.69, 9.17) is 9.47 Å². The van der Waals surface area contributed by atoms with Gasteiger partial charge >= 0.3 is 11.7 Å². The third-order valence-electron chi connectivity index (χ3n) is 2.49. The summed E-state index contributed by atoms with van der Waals surface area (Å²) < 4.78 is 10.4. The highest BCUT2D eigenvalue weighted by molar-refractivity contribution is 5.90. The SMILES string of the molecule is CCCCOc1ccc(C(=O)OC(C)C)cc1[N+](=O)[O-]. The van der Waals surface area contributed by atoms with Gasteiger partial charge in [0.1, 0.15) is 0 Å². The molecule has 110 valence electrons. The molecule has 0 aromatic heterocycles. The van der Waals surface area contributed by atoms with Gasteiger partial charge in [0, 0.05) is 6.07 Å². The van der Waals surface area contributed by atoms with Crippen molar-refractivity contribution < 1.29 is 19.2 Å². The van der Waals surface area contributed by atoms with Gasteiger partial charge < -0.3 is 9.47 Å². The molecule has 1 aromatic rings. The van der Waals surface area contributed by atoms with Crippen LogP contribution in [0.4, 0.5) is 5.69 Å². The Morgan fingerprint density at radius 1 is 1.40 bits per heavy atom. The lowest BCUT2D eigenvalue weighted by Crippen LogP contribution is -2.12. The number of unbranched alkanes of at least 4 members (excludes halogenated alkanes) is 1. The topological polar surface area (TPSA) is 78.7 Å². The smallest absolute Gasteiger partial charge is 0.338 e.